The number of hydrogen-bond acceptors (Lipinski definition) is 2. The first-order chi connectivity index (χ1) is 10.1. The molecule has 0 atom stereocenters. The largest absolute Gasteiger partial charge is 0.497 e. The van der Waals surface area contributed by atoms with Crippen molar-refractivity contribution in [1.29, 1.82) is 0 Å². The average molecular weight is 323 g/mol. The maximum absolute atomic E-state index is 13.5. The molecule has 3 rings (SSSR count). The summed E-state index contributed by atoms with van der Waals surface area (Å²) in [6.45, 7) is 0.554. The Kier molecular flexibility index (Phi) is 3.69. The maximum Gasteiger partial charge on any atom is 0.178 e. The highest BCUT2D eigenvalue weighted by Crippen LogP contribution is 2.24. The average Bonchev–Trinajstić information content (AvgIpc) is 2.76. The smallest absolute Gasteiger partial charge is 0.178 e. The van der Waals surface area contributed by atoms with E-state index in [0.717, 1.165) is 16.8 Å². The number of benzene rings is 2. The lowest BCUT2D eigenvalue weighted by atomic mass is 10.2. The van der Waals surface area contributed by atoms with Gasteiger partial charge in [0.05, 0.1) is 29.7 Å². The summed E-state index contributed by atoms with van der Waals surface area (Å²) in [6.07, 6.45) is 0. The molecule has 1 aromatic heterocycles. The first-order valence-electron chi connectivity index (χ1n) is 6.29. The van der Waals surface area contributed by atoms with E-state index in [1.807, 2.05) is 28.8 Å². The van der Waals surface area contributed by atoms with E-state index in [1.54, 1.807) is 13.2 Å². The van der Waals surface area contributed by atoms with E-state index in [4.69, 9.17) is 28.6 Å². The van der Waals surface area contributed by atoms with Gasteiger partial charge in [-0.2, -0.15) is 0 Å². The summed E-state index contributed by atoms with van der Waals surface area (Å²) in [5, 5.41) is 0.0795. The number of fused-ring (bicyclic) bond motifs is 1. The Labute approximate surface area is 130 Å². The normalized spacial score (nSPS) is 11.0. The molecule has 1 N–H and O–H groups in total. The molecule has 0 aliphatic carbocycles. The number of hydrogen-bond donors (Lipinski definition) is 1. The Balaban J connectivity index is 2.09. The highest BCUT2D eigenvalue weighted by Gasteiger charge is 2.09. The van der Waals surface area contributed by atoms with E-state index >= 15 is 0 Å². The number of aromatic amines is 1. The summed E-state index contributed by atoms with van der Waals surface area (Å²) in [5.74, 6) is 0.317. The Morgan fingerprint density at radius 2 is 2.14 bits per heavy atom. The van der Waals surface area contributed by atoms with E-state index in [0.29, 0.717) is 16.8 Å². The van der Waals surface area contributed by atoms with Crippen molar-refractivity contribution in [2.24, 2.45) is 0 Å². The quantitative estimate of drug-likeness (QED) is 0.717. The van der Waals surface area contributed by atoms with Crippen LogP contribution >= 0.6 is 23.8 Å². The molecule has 0 radical (unpaired) electrons. The van der Waals surface area contributed by atoms with Crippen LogP contribution in [-0.4, -0.2) is 16.7 Å². The van der Waals surface area contributed by atoms with Crippen LogP contribution < -0.4 is 4.74 Å². The Morgan fingerprint density at radius 3 is 2.90 bits per heavy atom. The molecule has 108 valence electrons. The Bertz CT molecular complexity index is 872. The Hall–Kier alpha value is -1.85. The summed E-state index contributed by atoms with van der Waals surface area (Å²) in [6, 6.07) is 10.7. The number of halogens is 2. The van der Waals surface area contributed by atoms with Gasteiger partial charge in [0.15, 0.2) is 4.77 Å². The topological polar surface area (TPSA) is 29.9 Å². The molecule has 2 aromatic carbocycles. The van der Waals surface area contributed by atoms with Gasteiger partial charge < -0.3 is 14.3 Å². The van der Waals surface area contributed by atoms with E-state index in [1.165, 1.54) is 6.07 Å². The van der Waals surface area contributed by atoms with Gasteiger partial charge >= 0.3 is 0 Å². The number of aromatic nitrogens is 2. The molecule has 0 saturated heterocycles. The first-order valence-corrected chi connectivity index (χ1v) is 7.07. The van der Waals surface area contributed by atoms with Gasteiger partial charge in [-0.25, -0.2) is 4.39 Å². The van der Waals surface area contributed by atoms with Gasteiger partial charge in [0.1, 0.15) is 11.6 Å². The molecule has 0 aliphatic heterocycles. The number of imidazole rings is 1. The fourth-order valence-corrected chi connectivity index (χ4v) is 2.69. The molecule has 3 aromatic rings. The molecule has 21 heavy (non-hydrogen) atoms. The third kappa shape index (κ3) is 2.66. The summed E-state index contributed by atoms with van der Waals surface area (Å²) >= 11 is 11.2. The fraction of sp³-hybridized carbons (Fsp3) is 0.133. The number of H-pyrrole nitrogens is 1. The van der Waals surface area contributed by atoms with Crippen LogP contribution in [0.15, 0.2) is 36.4 Å². The van der Waals surface area contributed by atoms with Gasteiger partial charge in [0.2, 0.25) is 0 Å². The standard InChI is InChI=1S/C15H12ClFN2OS/c1-20-10-4-2-3-9(5-10)8-19-14-6-11(16)12(17)7-13(14)18-15(19)21/h2-7H,8H2,1H3,(H,18,21). The van der Waals surface area contributed by atoms with E-state index in [2.05, 4.69) is 4.98 Å². The second-order valence-electron chi connectivity index (χ2n) is 4.65. The lowest BCUT2D eigenvalue weighted by Gasteiger charge is -2.07. The number of rotatable bonds is 3. The van der Waals surface area contributed by atoms with Crippen molar-refractivity contribution < 1.29 is 9.13 Å². The van der Waals surface area contributed by atoms with Gasteiger partial charge in [0, 0.05) is 6.07 Å². The van der Waals surface area contributed by atoms with E-state index in [-0.39, 0.29) is 5.02 Å². The molecule has 1 heterocycles. The number of nitrogens with zero attached hydrogens (tertiary/aromatic N) is 1. The first kappa shape index (κ1) is 14.1. The summed E-state index contributed by atoms with van der Waals surface area (Å²) in [5.41, 5.74) is 2.44. The monoisotopic (exact) mass is 322 g/mol. The zero-order chi connectivity index (χ0) is 15.0. The molecule has 3 nitrogen and oxygen atoms in total. The molecule has 0 saturated carbocycles. The minimum atomic E-state index is -0.464. The molecule has 0 aliphatic rings. The molecule has 0 spiro atoms. The third-order valence-electron chi connectivity index (χ3n) is 3.29. The number of ether oxygens (including phenoxy) is 1. The van der Waals surface area contributed by atoms with Crippen molar-refractivity contribution in [3.05, 3.63) is 57.6 Å². The van der Waals surface area contributed by atoms with Crippen LogP contribution in [0.3, 0.4) is 0 Å². The van der Waals surface area contributed by atoms with Crippen LogP contribution in [0.1, 0.15) is 5.56 Å². The van der Waals surface area contributed by atoms with Crippen molar-refractivity contribution >= 4 is 34.9 Å². The van der Waals surface area contributed by atoms with Crippen LogP contribution in [0.2, 0.25) is 5.02 Å². The molecular formula is C15H12ClFN2OS. The van der Waals surface area contributed by atoms with Gasteiger partial charge in [-0.15, -0.1) is 0 Å². The maximum atomic E-state index is 13.5. The number of methoxy groups -OCH3 is 1. The molecule has 6 heteroatoms. The van der Waals surface area contributed by atoms with Crippen molar-refractivity contribution in [2.75, 3.05) is 7.11 Å². The van der Waals surface area contributed by atoms with Crippen LogP contribution in [0.4, 0.5) is 4.39 Å². The van der Waals surface area contributed by atoms with Crippen molar-refractivity contribution in [1.82, 2.24) is 9.55 Å². The predicted octanol–water partition coefficient (Wildman–Crippen LogP) is 4.55. The van der Waals surface area contributed by atoms with Crippen molar-refractivity contribution in [3.63, 3.8) is 0 Å². The highest BCUT2D eigenvalue weighted by molar-refractivity contribution is 7.71. The molecule has 0 bridgehead atoms. The van der Waals surface area contributed by atoms with Gasteiger partial charge in [-0.1, -0.05) is 23.7 Å². The zero-order valence-corrected chi connectivity index (χ0v) is 12.8. The SMILES string of the molecule is COc1cccc(Cn2c(=S)[nH]c3cc(F)c(Cl)cc32)c1. The van der Waals surface area contributed by atoms with Gasteiger partial charge in [0.25, 0.3) is 0 Å². The summed E-state index contributed by atoms with van der Waals surface area (Å²) < 4.78 is 21.1. The van der Waals surface area contributed by atoms with Crippen LogP contribution in [-0.2, 0) is 6.54 Å². The zero-order valence-electron chi connectivity index (χ0n) is 11.2. The van der Waals surface area contributed by atoms with Crippen molar-refractivity contribution in [2.45, 2.75) is 6.54 Å². The lowest BCUT2D eigenvalue weighted by molar-refractivity contribution is 0.414. The van der Waals surface area contributed by atoms with Gasteiger partial charge in [-0.3, -0.25) is 0 Å². The molecule has 0 fully saturated rings. The molecular weight excluding hydrogens is 311 g/mol. The highest BCUT2D eigenvalue weighted by atomic mass is 35.5. The van der Waals surface area contributed by atoms with E-state index < -0.39 is 5.82 Å². The van der Waals surface area contributed by atoms with Crippen LogP contribution in [0, 0.1) is 10.6 Å². The third-order valence-corrected chi connectivity index (χ3v) is 3.90. The second-order valence-corrected chi connectivity index (χ2v) is 5.45. The molecule has 0 unspecified atom stereocenters. The molecule has 0 amide bonds. The second kappa shape index (κ2) is 5.50. The fourth-order valence-electron chi connectivity index (χ4n) is 2.26. The van der Waals surface area contributed by atoms with Gasteiger partial charge in [-0.05, 0) is 36.0 Å². The summed E-state index contributed by atoms with van der Waals surface area (Å²) in [7, 11) is 1.62. The lowest BCUT2D eigenvalue weighted by Crippen LogP contribution is -2.00. The minimum absolute atomic E-state index is 0.0795. The number of nitrogens with one attached hydrogen (secondary N) is 1. The predicted molar refractivity (Wildman–Crippen MR) is 84.2 cm³/mol. The Morgan fingerprint density at radius 1 is 1.33 bits per heavy atom. The van der Waals surface area contributed by atoms with Crippen molar-refractivity contribution in [3.8, 4) is 5.75 Å². The van der Waals surface area contributed by atoms with E-state index in [9.17, 15) is 4.39 Å². The van der Waals surface area contributed by atoms with Crippen LogP contribution in [0.25, 0.3) is 11.0 Å². The minimum Gasteiger partial charge on any atom is -0.497 e. The summed E-state index contributed by atoms with van der Waals surface area (Å²) in [4.78, 5) is 2.99. The van der Waals surface area contributed by atoms with Crippen LogP contribution in [0.5, 0.6) is 5.75 Å².